The van der Waals surface area contributed by atoms with E-state index in [1.165, 1.54) is 10.3 Å². The fourth-order valence-electron chi connectivity index (χ4n) is 2.13. The first-order valence-electron chi connectivity index (χ1n) is 7.12. The molecule has 0 spiro atoms. The normalized spacial score (nSPS) is 14.4. The van der Waals surface area contributed by atoms with Crippen LogP contribution in [0.4, 0.5) is 5.13 Å². The Hall–Kier alpha value is -1.62. The summed E-state index contributed by atoms with van der Waals surface area (Å²) in [7, 11) is 0. The van der Waals surface area contributed by atoms with Crippen molar-refractivity contribution in [2.45, 2.75) is 38.6 Å². The van der Waals surface area contributed by atoms with Crippen molar-refractivity contribution in [3.05, 3.63) is 23.8 Å². The standard InChI is InChI=1S/C15H19N3OS/c1-10-4-2-5-12-14(10)18-15(20-12)16-9-3-6-13(19)17-11-7-8-11/h2,4-5,11H,3,6-9H2,1H3,(H,16,18)(H,17,19). The van der Waals surface area contributed by atoms with Crippen LogP contribution in [0.25, 0.3) is 10.2 Å². The van der Waals surface area contributed by atoms with Crippen molar-refractivity contribution in [1.82, 2.24) is 10.3 Å². The van der Waals surface area contributed by atoms with Crippen molar-refractivity contribution in [2.75, 3.05) is 11.9 Å². The number of rotatable bonds is 6. The zero-order chi connectivity index (χ0) is 13.9. The lowest BCUT2D eigenvalue weighted by atomic mass is 10.2. The third-order valence-corrected chi connectivity index (χ3v) is 4.40. The topological polar surface area (TPSA) is 54.0 Å². The summed E-state index contributed by atoms with van der Waals surface area (Å²) in [6.45, 7) is 2.87. The number of anilines is 1. The molecular formula is C15H19N3OS. The van der Waals surface area contributed by atoms with Gasteiger partial charge in [-0.3, -0.25) is 4.79 Å². The molecule has 4 nitrogen and oxygen atoms in total. The fraction of sp³-hybridized carbons (Fsp3) is 0.467. The third kappa shape index (κ3) is 3.28. The summed E-state index contributed by atoms with van der Waals surface area (Å²) in [5.74, 6) is 0.175. The first-order chi connectivity index (χ1) is 9.72. The maximum absolute atomic E-state index is 11.5. The highest BCUT2D eigenvalue weighted by Crippen LogP contribution is 2.27. The molecule has 20 heavy (non-hydrogen) atoms. The van der Waals surface area contributed by atoms with Gasteiger partial charge in [-0.25, -0.2) is 4.98 Å². The highest BCUT2D eigenvalue weighted by Gasteiger charge is 2.22. The number of nitrogens with zero attached hydrogens (tertiary/aromatic N) is 1. The number of hydrogen-bond donors (Lipinski definition) is 2. The van der Waals surface area contributed by atoms with E-state index in [9.17, 15) is 4.79 Å². The van der Waals surface area contributed by atoms with Crippen molar-refractivity contribution in [3.63, 3.8) is 0 Å². The van der Waals surface area contributed by atoms with Gasteiger partial charge in [0.1, 0.15) is 0 Å². The number of nitrogens with one attached hydrogen (secondary N) is 2. The summed E-state index contributed by atoms with van der Waals surface area (Å²) in [5, 5.41) is 7.26. The molecule has 1 aliphatic rings. The van der Waals surface area contributed by atoms with Crippen LogP contribution in [0.1, 0.15) is 31.2 Å². The van der Waals surface area contributed by atoms with Crippen molar-refractivity contribution in [3.8, 4) is 0 Å². The molecule has 106 valence electrons. The van der Waals surface area contributed by atoms with Gasteiger partial charge in [-0.05, 0) is 37.8 Å². The molecule has 0 bridgehead atoms. The van der Waals surface area contributed by atoms with Gasteiger partial charge in [0.15, 0.2) is 5.13 Å². The summed E-state index contributed by atoms with van der Waals surface area (Å²) in [6.07, 6.45) is 3.73. The molecule has 1 saturated carbocycles. The minimum absolute atomic E-state index is 0.175. The Morgan fingerprint density at radius 1 is 1.45 bits per heavy atom. The van der Waals surface area contributed by atoms with Gasteiger partial charge in [0.05, 0.1) is 10.2 Å². The van der Waals surface area contributed by atoms with Crippen molar-refractivity contribution in [2.24, 2.45) is 0 Å². The number of thiazole rings is 1. The smallest absolute Gasteiger partial charge is 0.220 e. The van der Waals surface area contributed by atoms with Crippen LogP contribution in [-0.4, -0.2) is 23.5 Å². The molecule has 0 saturated heterocycles. The van der Waals surface area contributed by atoms with Gasteiger partial charge in [-0.15, -0.1) is 0 Å². The van der Waals surface area contributed by atoms with Crippen LogP contribution in [0.5, 0.6) is 0 Å². The number of aromatic nitrogens is 1. The van der Waals surface area contributed by atoms with E-state index in [2.05, 4.69) is 40.7 Å². The van der Waals surface area contributed by atoms with E-state index in [-0.39, 0.29) is 5.91 Å². The number of carbonyl (C=O) groups is 1. The summed E-state index contributed by atoms with van der Waals surface area (Å²) in [5.41, 5.74) is 2.28. The molecule has 0 atom stereocenters. The molecule has 1 aromatic carbocycles. The molecule has 5 heteroatoms. The van der Waals surface area contributed by atoms with Crippen molar-refractivity contribution >= 4 is 32.6 Å². The minimum atomic E-state index is 0.175. The van der Waals surface area contributed by atoms with Crippen molar-refractivity contribution < 1.29 is 4.79 Å². The summed E-state index contributed by atoms with van der Waals surface area (Å²) < 4.78 is 1.21. The van der Waals surface area contributed by atoms with Gasteiger partial charge in [-0.1, -0.05) is 23.5 Å². The number of amides is 1. The van der Waals surface area contributed by atoms with Gasteiger partial charge in [0.2, 0.25) is 5.91 Å². The maximum atomic E-state index is 11.5. The lowest BCUT2D eigenvalue weighted by Gasteiger charge is -2.03. The second-order valence-electron chi connectivity index (χ2n) is 5.31. The highest BCUT2D eigenvalue weighted by molar-refractivity contribution is 7.22. The largest absolute Gasteiger partial charge is 0.361 e. The molecule has 0 radical (unpaired) electrons. The molecule has 2 N–H and O–H groups in total. The lowest BCUT2D eigenvalue weighted by Crippen LogP contribution is -2.25. The van der Waals surface area contributed by atoms with Crippen LogP contribution in [0.2, 0.25) is 0 Å². The average Bonchev–Trinajstić information content (AvgIpc) is 3.12. The fourth-order valence-corrected chi connectivity index (χ4v) is 3.10. The molecule has 1 aromatic heterocycles. The lowest BCUT2D eigenvalue weighted by molar-refractivity contribution is -0.121. The molecule has 1 heterocycles. The maximum Gasteiger partial charge on any atom is 0.220 e. The second-order valence-corrected chi connectivity index (χ2v) is 6.34. The van der Waals surface area contributed by atoms with E-state index in [1.54, 1.807) is 11.3 Å². The van der Waals surface area contributed by atoms with E-state index in [0.717, 1.165) is 36.5 Å². The molecule has 1 aliphatic carbocycles. The third-order valence-electron chi connectivity index (χ3n) is 3.42. The van der Waals surface area contributed by atoms with Crippen LogP contribution >= 0.6 is 11.3 Å². The molecular weight excluding hydrogens is 270 g/mol. The van der Waals surface area contributed by atoms with E-state index >= 15 is 0 Å². The SMILES string of the molecule is Cc1cccc2sc(NCCCC(=O)NC3CC3)nc12. The summed E-state index contributed by atoms with van der Waals surface area (Å²) in [4.78, 5) is 16.1. The van der Waals surface area contributed by atoms with E-state index < -0.39 is 0 Å². The van der Waals surface area contributed by atoms with Crippen LogP contribution in [0.3, 0.4) is 0 Å². The van der Waals surface area contributed by atoms with E-state index in [0.29, 0.717) is 12.5 Å². The number of carbonyl (C=O) groups excluding carboxylic acids is 1. The number of para-hydroxylation sites is 1. The van der Waals surface area contributed by atoms with Gasteiger partial charge in [0.25, 0.3) is 0 Å². The number of fused-ring (bicyclic) bond motifs is 1. The Bertz CT molecular complexity index is 619. The first-order valence-corrected chi connectivity index (χ1v) is 7.93. The van der Waals surface area contributed by atoms with E-state index in [1.807, 2.05) is 0 Å². The molecule has 0 unspecified atom stereocenters. The zero-order valence-corrected chi connectivity index (χ0v) is 12.4. The first kappa shape index (κ1) is 13.4. The van der Waals surface area contributed by atoms with Gasteiger partial charge in [-0.2, -0.15) is 0 Å². The van der Waals surface area contributed by atoms with Crippen LogP contribution in [-0.2, 0) is 4.79 Å². The van der Waals surface area contributed by atoms with Gasteiger partial charge in [0, 0.05) is 19.0 Å². The number of hydrogen-bond acceptors (Lipinski definition) is 4. The Balaban J connectivity index is 1.47. The van der Waals surface area contributed by atoms with Gasteiger partial charge >= 0.3 is 0 Å². The predicted molar refractivity (Wildman–Crippen MR) is 83.2 cm³/mol. The van der Waals surface area contributed by atoms with Crippen LogP contribution in [0, 0.1) is 6.92 Å². The van der Waals surface area contributed by atoms with E-state index in [4.69, 9.17) is 0 Å². The Morgan fingerprint density at radius 3 is 3.05 bits per heavy atom. The van der Waals surface area contributed by atoms with Crippen molar-refractivity contribution in [1.29, 1.82) is 0 Å². The average molecular weight is 289 g/mol. The predicted octanol–water partition coefficient (Wildman–Crippen LogP) is 3.08. The quantitative estimate of drug-likeness (QED) is 0.804. The Kier molecular flexibility index (Phi) is 3.87. The van der Waals surface area contributed by atoms with Crippen LogP contribution in [0.15, 0.2) is 18.2 Å². The van der Waals surface area contributed by atoms with Crippen LogP contribution < -0.4 is 10.6 Å². The molecule has 3 rings (SSSR count). The number of aryl methyl sites for hydroxylation is 1. The Labute approximate surface area is 122 Å². The van der Waals surface area contributed by atoms with Gasteiger partial charge < -0.3 is 10.6 Å². The molecule has 1 amide bonds. The molecule has 2 aromatic rings. The minimum Gasteiger partial charge on any atom is -0.361 e. The second kappa shape index (κ2) is 5.79. The summed E-state index contributed by atoms with van der Waals surface area (Å²) in [6, 6.07) is 6.69. The number of benzene rings is 1. The monoisotopic (exact) mass is 289 g/mol. The Morgan fingerprint density at radius 2 is 2.30 bits per heavy atom. The zero-order valence-electron chi connectivity index (χ0n) is 11.6. The summed E-state index contributed by atoms with van der Waals surface area (Å²) >= 11 is 1.67. The molecule has 0 aliphatic heterocycles. The highest BCUT2D eigenvalue weighted by atomic mass is 32.1. The molecule has 1 fully saturated rings.